The van der Waals surface area contributed by atoms with Gasteiger partial charge in [-0.25, -0.2) is 8.42 Å². The molecular formula is C18H21N3O5S. The topological polar surface area (TPSA) is 114 Å². The number of hydrogen-bond acceptors (Lipinski definition) is 5. The fourth-order valence-corrected chi connectivity index (χ4v) is 3.22. The van der Waals surface area contributed by atoms with Crippen molar-refractivity contribution in [2.24, 2.45) is 0 Å². The molecule has 2 rings (SSSR count). The van der Waals surface area contributed by atoms with Crippen molar-refractivity contribution >= 4 is 33.2 Å². The first-order valence-electron chi connectivity index (χ1n) is 8.09. The van der Waals surface area contributed by atoms with Crippen molar-refractivity contribution < 1.29 is 22.7 Å². The SMILES string of the molecule is COc1cccc(C(=O)NCCS(=O)(=O)Nc2cccc(NC(C)=O)c2)c1. The van der Waals surface area contributed by atoms with Gasteiger partial charge in [0.25, 0.3) is 5.91 Å². The normalized spacial score (nSPS) is 10.7. The van der Waals surface area contributed by atoms with E-state index in [1.54, 1.807) is 42.5 Å². The van der Waals surface area contributed by atoms with Crippen LogP contribution in [0, 0.1) is 0 Å². The van der Waals surface area contributed by atoms with Crippen molar-refractivity contribution in [1.82, 2.24) is 5.32 Å². The zero-order chi connectivity index (χ0) is 19.9. The van der Waals surface area contributed by atoms with Crippen molar-refractivity contribution in [3.8, 4) is 5.75 Å². The average molecular weight is 391 g/mol. The van der Waals surface area contributed by atoms with Gasteiger partial charge in [-0.3, -0.25) is 14.3 Å². The highest BCUT2D eigenvalue weighted by atomic mass is 32.2. The highest BCUT2D eigenvalue weighted by Crippen LogP contribution is 2.16. The van der Waals surface area contributed by atoms with Gasteiger partial charge in [0.1, 0.15) is 5.75 Å². The van der Waals surface area contributed by atoms with Gasteiger partial charge in [0.15, 0.2) is 0 Å². The average Bonchev–Trinajstić information content (AvgIpc) is 2.60. The molecule has 0 saturated carbocycles. The van der Waals surface area contributed by atoms with Crippen LogP contribution in [-0.2, 0) is 14.8 Å². The van der Waals surface area contributed by atoms with Crippen molar-refractivity contribution in [3.05, 3.63) is 54.1 Å². The highest BCUT2D eigenvalue weighted by Gasteiger charge is 2.13. The fourth-order valence-electron chi connectivity index (χ4n) is 2.26. The second-order valence-electron chi connectivity index (χ2n) is 5.67. The number of hydrogen-bond donors (Lipinski definition) is 3. The van der Waals surface area contributed by atoms with Gasteiger partial charge in [-0.15, -0.1) is 0 Å². The first kappa shape index (κ1) is 20.2. The Morgan fingerprint density at radius 1 is 1.04 bits per heavy atom. The second-order valence-corrected chi connectivity index (χ2v) is 7.51. The molecule has 0 aliphatic carbocycles. The Bertz CT molecular complexity index is 928. The van der Waals surface area contributed by atoms with E-state index in [1.165, 1.54) is 20.1 Å². The molecule has 0 fully saturated rings. The third-order valence-corrected chi connectivity index (χ3v) is 4.73. The third kappa shape index (κ3) is 6.63. The maximum atomic E-state index is 12.2. The van der Waals surface area contributed by atoms with Gasteiger partial charge in [0.05, 0.1) is 18.6 Å². The Balaban J connectivity index is 1.91. The first-order chi connectivity index (χ1) is 12.8. The summed E-state index contributed by atoms with van der Waals surface area (Å²) in [6.45, 7) is 1.30. The molecule has 2 aromatic rings. The predicted octanol–water partition coefficient (Wildman–Crippen LogP) is 1.83. The molecule has 0 spiro atoms. The number of rotatable bonds is 8. The summed E-state index contributed by atoms with van der Waals surface area (Å²) >= 11 is 0. The number of amides is 2. The van der Waals surface area contributed by atoms with E-state index in [4.69, 9.17) is 4.74 Å². The Kier molecular flexibility index (Phi) is 6.78. The van der Waals surface area contributed by atoms with Crippen molar-refractivity contribution in [1.29, 1.82) is 0 Å². The molecule has 0 saturated heterocycles. The molecule has 0 unspecified atom stereocenters. The van der Waals surface area contributed by atoms with E-state index < -0.39 is 15.9 Å². The molecule has 0 heterocycles. The first-order valence-corrected chi connectivity index (χ1v) is 9.75. The number of carbonyl (C=O) groups is 2. The van der Waals surface area contributed by atoms with Gasteiger partial charge in [-0.2, -0.15) is 0 Å². The smallest absolute Gasteiger partial charge is 0.251 e. The van der Waals surface area contributed by atoms with Crippen LogP contribution in [0.15, 0.2) is 48.5 Å². The van der Waals surface area contributed by atoms with Crippen LogP contribution in [0.25, 0.3) is 0 Å². The minimum atomic E-state index is -3.67. The number of carbonyl (C=O) groups excluding carboxylic acids is 2. The van der Waals surface area contributed by atoms with Crippen LogP contribution in [0.2, 0.25) is 0 Å². The Morgan fingerprint density at radius 3 is 2.44 bits per heavy atom. The van der Waals surface area contributed by atoms with Crippen LogP contribution in [0.4, 0.5) is 11.4 Å². The molecule has 0 radical (unpaired) electrons. The number of methoxy groups -OCH3 is 1. The van der Waals surface area contributed by atoms with Gasteiger partial charge in [0.2, 0.25) is 15.9 Å². The van der Waals surface area contributed by atoms with Crippen LogP contribution in [0.5, 0.6) is 5.75 Å². The molecule has 144 valence electrons. The summed E-state index contributed by atoms with van der Waals surface area (Å²) in [7, 11) is -2.18. The molecule has 2 aromatic carbocycles. The van der Waals surface area contributed by atoms with E-state index in [2.05, 4.69) is 15.4 Å². The maximum absolute atomic E-state index is 12.2. The van der Waals surface area contributed by atoms with E-state index in [0.717, 1.165) is 0 Å². The van der Waals surface area contributed by atoms with Crippen LogP contribution in [0.1, 0.15) is 17.3 Å². The Labute approximate surface area is 158 Å². The summed E-state index contributed by atoms with van der Waals surface area (Å²) in [5, 5.41) is 5.13. The standard InChI is InChI=1S/C18H21N3O5S/c1-13(22)20-15-6-4-7-16(12-15)21-27(24,25)10-9-19-18(23)14-5-3-8-17(11-14)26-2/h3-8,11-12,21H,9-10H2,1-2H3,(H,19,23)(H,20,22). The monoisotopic (exact) mass is 391 g/mol. The minimum Gasteiger partial charge on any atom is -0.497 e. The lowest BCUT2D eigenvalue weighted by molar-refractivity contribution is -0.114. The van der Waals surface area contributed by atoms with Gasteiger partial charge >= 0.3 is 0 Å². The molecule has 9 heteroatoms. The zero-order valence-corrected chi connectivity index (χ0v) is 15.8. The van der Waals surface area contributed by atoms with E-state index in [1.807, 2.05) is 0 Å². The quantitative estimate of drug-likeness (QED) is 0.635. The molecule has 3 N–H and O–H groups in total. The molecule has 0 aliphatic heterocycles. The summed E-state index contributed by atoms with van der Waals surface area (Å²) in [6.07, 6.45) is 0. The van der Waals surface area contributed by atoms with Crippen LogP contribution in [-0.4, -0.2) is 39.6 Å². The highest BCUT2D eigenvalue weighted by molar-refractivity contribution is 7.92. The number of sulfonamides is 1. The van der Waals surface area contributed by atoms with Crippen molar-refractivity contribution in [2.45, 2.75) is 6.92 Å². The van der Waals surface area contributed by atoms with E-state index in [0.29, 0.717) is 22.7 Å². The molecular weight excluding hydrogens is 370 g/mol. The fraction of sp³-hybridized carbons (Fsp3) is 0.222. The number of nitrogens with one attached hydrogen (secondary N) is 3. The Morgan fingerprint density at radius 2 is 1.74 bits per heavy atom. The number of ether oxygens (including phenoxy) is 1. The molecule has 2 amide bonds. The molecule has 27 heavy (non-hydrogen) atoms. The van der Waals surface area contributed by atoms with Gasteiger partial charge in [-0.05, 0) is 36.4 Å². The van der Waals surface area contributed by atoms with Crippen LogP contribution < -0.4 is 20.1 Å². The Hall–Kier alpha value is -3.07. The number of benzene rings is 2. The van der Waals surface area contributed by atoms with Crippen molar-refractivity contribution in [2.75, 3.05) is 29.4 Å². The molecule has 0 bridgehead atoms. The van der Waals surface area contributed by atoms with Gasteiger partial charge in [0, 0.05) is 24.7 Å². The van der Waals surface area contributed by atoms with Crippen LogP contribution in [0.3, 0.4) is 0 Å². The molecule has 8 nitrogen and oxygen atoms in total. The minimum absolute atomic E-state index is 0.0588. The van der Waals surface area contributed by atoms with E-state index in [9.17, 15) is 18.0 Å². The van der Waals surface area contributed by atoms with Gasteiger partial charge in [-0.1, -0.05) is 12.1 Å². The molecule has 0 aromatic heterocycles. The lowest BCUT2D eigenvalue weighted by atomic mass is 10.2. The summed E-state index contributed by atoms with van der Waals surface area (Å²) in [4.78, 5) is 23.2. The van der Waals surface area contributed by atoms with E-state index >= 15 is 0 Å². The summed E-state index contributed by atoms with van der Waals surface area (Å²) in [5.41, 5.74) is 1.18. The van der Waals surface area contributed by atoms with Crippen LogP contribution >= 0.6 is 0 Å². The molecule has 0 aliphatic rings. The maximum Gasteiger partial charge on any atom is 0.251 e. The van der Waals surface area contributed by atoms with E-state index in [-0.39, 0.29) is 18.2 Å². The summed E-state index contributed by atoms with van der Waals surface area (Å²) < 4.78 is 31.8. The summed E-state index contributed by atoms with van der Waals surface area (Å²) in [6, 6.07) is 12.9. The number of anilines is 2. The lowest BCUT2D eigenvalue weighted by Crippen LogP contribution is -2.31. The predicted molar refractivity (Wildman–Crippen MR) is 103 cm³/mol. The molecule has 0 atom stereocenters. The second kappa shape index (κ2) is 9.04. The summed E-state index contributed by atoms with van der Waals surface area (Å²) in [5.74, 6) is -0.407. The zero-order valence-electron chi connectivity index (χ0n) is 15.0. The third-order valence-electron chi connectivity index (χ3n) is 3.44. The lowest BCUT2D eigenvalue weighted by Gasteiger charge is -2.11. The van der Waals surface area contributed by atoms with Crippen molar-refractivity contribution in [3.63, 3.8) is 0 Å². The van der Waals surface area contributed by atoms with Gasteiger partial charge < -0.3 is 15.4 Å². The largest absolute Gasteiger partial charge is 0.497 e.